The third-order valence-corrected chi connectivity index (χ3v) is 4.07. The Labute approximate surface area is 116 Å². The Balaban J connectivity index is 1.91. The summed E-state index contributed by atoms with van der Waals surface area (Å²) < 4.78 is 2.03. The molecule has 1 aliphatic heterocycles. The molecule has 1 saturated heterocycles. The van der Waals surface area contributed by atoms with Gasteiger partial charge in [0.2, 0.25) is 5.95 Å². The lowest BCUT2D eigenvalue weighted by molar-refractivity contribution is 0.0943. The summed E-state index contributed by atoms with van der Waals surface area (Å²) in [5.74, 6) is 1.61. The molecule has 0 bridgehead atoms. The monoisotopic (exact) mass is 265 g/mol. The lowest BCUT2D eigenvalue weighted by atomic mass is 10.0. The first-order valence-corrected chi connectivity index (χ1v) is 7.21. The Kier molecular flexibility index (Phi) is 4.82. The minimum absolute atomic E-state index is 0.574. The Morgan fingerprint density at radius 1 is 1.21 bits per heavy atom. The molecule has 1 aromatic rings. The predicted octanol–water partition coefficient (Wildman–Crippen LogP) is 1.10. The zero-order valence-corrected chi connectivity index (χ0v) is 12.6. The first-order valence-electron chi connectivity index (χ1n) is 7.21. The number of imidazole rings is 1. The highest BCUT2D eigenvalue weighted by Crippen LogP contribution is 2.14. The lowest BCUT2D eigenvalue weighted by Crippen LogP contribution is -2.52. The van der Waals surface area contributed by atoms with Crippen LogP contribution in [0.25, 0.3) is 0 Å². The van der Waals surface area contributed by atoms with E-state index in [9.17, 15) is 0 Å². The van der Waals surface area contributed by atoms with Gasteiger partial charge in [-0.3, -0.25) is 4.90 Å². The largest absolute Gasteiger partial charge is 0.354 e. The molecule has 0 aliphatic carbocycles. The van der Waals surface area contributed by atoms with Crippen molar-refractivity contribution in [1.29, 1.82) is 0 Å². The van der Waals surface area contributed by atoms with Gasteiger partial charge in [0, 0.05) is 58.2 Å². The van der Waals surface area contributed by atoms with E-state index < -0.39 is 0 Å². The van der Waals surface area contributed by atoms with Crippen molar-refractivity contribution in [2.75, 3.05) is 45.1 Å². The van der Waals surface area contributed by atoms with Crippen LogP contribution in [0.4, 0.5) is 5.95 Å². The van der Waals surface area contributed by atoms with E-state index in [1.807, 2.05) is 24.0 Å². The van der Waals surface area contributed by atoms with Gasteiger partial charge in [0.25, 0.3) is 0 Å². The third kappa shape index (κ3) is 3.70. The second-order valence-electron chi connectivity index (χ2n) is 5.89. The summed E-state index contributed by atoms with van der Waals surface area (Å²) in [6.07, 6.45) is 3.81. The van der Waals surface area contributed by atoms with Crippen molar-refractivity contribution in [3.8, 4) is 0 Å². The number of rotatable bonds is 5. The molecule has 0 aromatic carbocycles. The second-order valence-corrected chi connectivity index (χ2v) is 5.89. The van der Waals surface area contributed by atoms with Crippen LogP contribution in [-0.2, 0) is 7.05 Å². The Morgan fingerprint density at radius 2 is 1.89 bits per heavy atom. The van der Waals surface area contributed by atoms with Crippen molar-refractivity contribution >= 4 is 5.95 Å². The highest BCUT2D eigenvalue weighted by molar-refractivity contribution is 5.25. The molecule has 5 nitrogen and oxygen atoms in total. The van der Waals surface area contributed by atoms with E-state index in [1.54, 1.807) is 0 Å². The van der Waals surface area contributed by atoms with Gasteiger partial charge in [0.05, 0.1) is 0 Å². The van der Waals surface area contributed by atoms with Crippen LogP contribution in [0.3, 0.4) is 0 Å². The minimum Gasteiger partial charge on any atom is -0.354 e. The lowest BCUT2D eigenvalue weighted by Gasteiger charge is -2.40. The number of nitrogens with one attached hydrogen (secondary N) is 1. The molecule has 0 amide bonds. The number of piperazine rings is 1. The number of aryl methyl sites for hydroxylation is 1. The van der Waals surface area contributed by atoms with Crippen LogP contribution >= 0.6 is 0 Å². The van der Waals surface area contributed by atoms with Crippen molar-refractivity contribution in [1.82, 2.24) is 19.4 Å². The Bertz CT molecular complexity index is 379. The molecule has 108 valence electrons. The van der Waals surface area contributed by atoms with Gasteiger partial charge in [-0.05, 0) is 13.0 Å². The van der Waals surface area contributed by atoms with Gasteiger partial charge in [-0.1, -0.05) is 13.8 Å². The minimum atomic E-state index is 0.574. The molecule has 19 heavy (non-hydrogen) atoms. The summed E-state index contributed by atoms with van der Waals surface area (Å²) in [6, 6.07) is 0.574. The van der Waals surface area contributed by atoms with Crippen molar-refractivity contribution in [3.05, 3.63) is 12.4 Å². The quantitative estimate of drug-likeness (QED) is 0.865. The molecule has 2 heterocycles. The molecule has 0 spiro atoms. The molecular weight excluding hydrogens is 238 g/mol. The van der Waals surface area contributed by atoms with Gasteiger partial charge in [-0.25, -0.2) is 4.98 Å². The zero-order chi connectivity index (χ0) is 13.8. The maximum atomic E-state index is 4.33. The molecule has 5 heteroatoms. The summed E-state index contributed by atoms with van der Waals surface area (Å²) in [4.78, 5) is 9.34. The molecule has 1 fully saturated rings. The molecule has 1 aromatic heterocycles. The number of hydrogen-bond acceptors (Lipinski definition) is 4. The van der Waals surface area contributed by atoms with Gasteiger partial charge in [-0.2, -0.15) is 0 Å². The maximum absolute atomic E-state index is 4.33. The average molecular weight is 265 g/mol. The summed E-state index contributed by atoms with van der Waals surface area (Å²) >= 11 is 0. The molecule has 2 rings (SSSR count). The number of likely N-dealkylation sites (N-methyl/N-ethyl adjacent to an activating group) is 1. The molecule has 1 N–H and O–H groups in total. The highest BCUT2D eigenvalue weighted by atomic mass is 15.3. The third-order valence-electron chi connectivity index (χ3n) is 4.07. The first kappa shape index (κ1) is 14.3. The van der Waals surface area contributed by atoms with Crippen molar-refractivity contribution in [2.45, 2.75) is 19.9 Å². The van der Waals surface area contributed by atoms with E-state index >= 15 is 0 Å². The zero-order valence-electron chi connectivity index (χ0n) is 12.6. The van der Waals surface area contributed by atoms with Gasteiger partial charge in [-0.15, -0.1) is 0 Å². The van der Waals surface area contributed by atoms with Gasteiger partial charge in [0.1, 0.15) is 0 Å². The van der Waals surface area contributed by atoms with Crippen molar-refractivity contribution in [3.63, 3.8) is 0 Å². The Hall–Kier alpha value is -1.07. The second kappa shape index (κ2) is 6.39. The van der Waals surface area contributed by atoms with Gasteiger partial charge in [0.15, 0.2) is 0 Å². The van der Waals surface area contributed by atoms with Gasteiger partial charge < -0.3 is 14.8 Å². The van der Waals surface area contributed by atoms with E-state index in [-0.39, 0.29) is 0 Å². The highest BCUT2D eigenvalue weighted by Gasteiger charge is 2.24. The summed E-state index contributed by atoms with van der Waals surface area (Å²) in [5.41, 5.74) is 0. The van der Waals surface area contributed by atoms with Crippen LogP contribution in [0.5, 0.6) is 0 Å². The normalized spacial score (nSPS) is 19.8. The SMILES string of the molecule is CC(C)C(CNc1nccn1C)N1CCN(C)CC1. The fourth-order valence-corrected chi connectivity index (χ4v) is 2.67. The standard InChI is InChI=1S/C14H27N5/c1-12(2)13(19-9-7-17(3)8-10-19)11-16-14-15-5-6-18(14)4/h5-6,12-13H,7-11H2,1-4H3,(H,15,16). The Morgan fingerprint density at radius 3 is 2.42 bits per heavy atom. The number of anilines is 1. The summed E-state index contributed by atoms with van der Waals surface area (Å²) in [7, 11) is 4.23. The summed E-state index contributed by atoms with van der Waals surface area (Å²) in [6.45, 7) is 10.3. The van der Waals surface area contributed by atoms with E-state index in [4.69, 9.17) is 0 Å². The molecule has 0 saturated carbocycles. The smallest absolute Gasteiger partial charge is 0.202 e. The van der Waals surface area contributed by atoms with E-state index in [0.29, 0.717) is 12.0 Å². The van der Waals surface area contributed by atoms with E-state index in [0.717, 1.165) is 12.5 Å². The number of hydrogen-bond donors (Lipinski definition) is 1. The molecule has 1 aliphatic rings. The van der Waals surface area contributed by atoms with E-state index in [2.05, 4.69) is 41.0 Å². The number of nitrogens with zero attached hydrogens (tertiary/aromatic N) is 4. The van der Waals surface area contributed by atoms with Crippen LogP contribution in [0.1, 0.15) is 13.8 Å². The van der Waals surface area contributed by atoms with Crippen LogP contribution in [0.2, 0.25) is 0 Å². The molecular formula is C14H27N5. The summed E-state index contributed by atoms with van der Waals surface area (Å²) in [5, 5.41) is 3.48. The molecule has 1 unspecified atom stereocenters. The topological polar surface area (TPSA) is 36.3 Å². The molecule has 1 atom stereocenters. The van der Waals surface area contributed by atoms with Crippen molar-refractivity contribution in [2.24, 2.45) is 13.0 Å². The fraction of sp³-hybridized carbons (Fsp3) is 0.786. The van der Waals surface area contributed by atoms with E-state index in [1.165, 1.54) is 26.2 Å². The first-order chi connectivity index (χ1) is 9.08. The maximum Gasteiger partial charge on any atom is 0.202 e. The fourth-order valence-electron chi connectivity index (χ4n) is 2.67. The van der Waals surface area contributed by atoms with Crippen LogP contribution in [0.15, 0.2) is 12.4 Å². The van der Waals surface area contributed by atoms with Crippen molar-refractivity contribution < 1.29 is 0 Å². The molecule has 0 radical (unpaired) electrons. The van der Waals surface area contributed by atoms with Gasteiger partial charge >= 0.3 is 0 Å². The average Bonchev–Trinajstić information content (AvgIpc) is 2.77. The number of aromatic nitrogens is 2. The van der Waals surface area contributed by atoms with Crippen LogP contribution < -0.4 is 5.32 Å². The van der Waals surface area contributed by atoms with Crippen LogP contribution in [0, 0.1) is 5.92 Å². The van der Waals surface area contributed by atoms with Crippen LogP contribution in [-0.4, -0.2) is 65.2 Å². The predicted molar refractivity (Wildman–Crippen MR) is 79.4 cm³/mol.